The Bertz CT molecular complexity index is 1380. The number of thiazole rings is 1. The maximum atomic E-state index is 13.3. The standard InChI is InChI=1S/C24H25FN8OS/c1-2-18-19(12-28-24-30-23(20(11-26)35-24)15-3-5-16(25)6-4-15)33-21(29-18)7-8-22(31-33)32-10-9-27-17(13-32)14-34/h3-8,17,27,34H,2,9-10,12-14H2,1H3,(H,28,30)/t17-/m0/s1. The molecule has 0 aliphatic carbocycles. The van der Waals surface area contributed by atoms with Crippen LogP contribution in [0.15, 0.2) is 36.4 Å². The second-order valence-corrected chi connectivity index (χ2v) is 9.27. The van der Waals surface area contributed by atoms with Crippen LogP contribution >= 0.6 is 11.3 Å². The average molecular weight is 493 g/mol. The van der Waals surface area contributed by atoms with Gasteiger partial charge in [0.2, 0.25) is 0 Å². The number of hydrogen-bond acceptors (Lipinski definition) is 9. The zero-order valence-corrected chi connectivity index (χ0v) is 20.0. The summed E-state index contributed by atoms with van der Waals surface area (Å²) in [6.45, 7) is 4.84. The lowest BCUT2D eigenvalue weighted by atomic mass is 10.1. The Morgan fingerprint density at radius 1 is 1.26 bits per heavy atom. The Kier molecular flexibility index (Phi) is 6.59. The number of aliphatic hydroxyl groups excluding tert-OH is 1. The van der Waals surface area contributed by atoms with E-state index in [1.807, 2.05) is 16.6 Å². The van der Waals surface area contributed by atoms with E-state index in [1.54, 1.807) is 12.1 Å². The predicted octanol–water partition coefficient (Wildman–Crippen LogP) is 2.81. The molecule has 0 unspecified atom stereocenters. The van der Waals surface area contributed by atoms with E-state index in [-0.39, 0.29) is 18.5 Å². The molecule has 4 heterocycles. The third kappa shape index (κ3) is 4.68. The van der Waals surface area contributed by atoms with Crippen molar-refractivity contribution in [3.05, 3.63) is 58.5 Å². The van der Waals surface area contributed by atoms with Crippen LogP contribution in [0.4, 0.5) is 15.3 Å². The number of aliphatic hydroxyl groups is 1. The Morgan fingerprint density at radius 2 is 2.09 bits per heavy atom. The molecule has 0 saturated carbocycles. The fourth-order valence-electron chi connectivity index (χ4n) is 4.23. The van der Waals surface area contributed by atoms with Gasteiger partial charge < -0.3 is 20.6 Å². The number of nitriles is 1. The highest BCUT2D eigenvalue weighted by atomic mass is 32.1. The number of imidazole rings is 1. The Labute approximate surface area is 205 Å². The lowest BCUT2D eigenvalue weighted by molar-refractivity contribution is 0.235. The minimum atomic E-state index is -0.333. The van der Waals surface area contributed by atoms with E-state index in [0.29, 0.717) is 34.4 Å². The molecule has 1 saturated heterocycles. The van der Waals surface area contributed by atoms with Crippen molar-refractivity contribution >= 4 is 27.9 Å². The van der Waals surface area contributed by atoms with E-state index in [4.69, 9.17) is 10.1 Å². The smallest absolute Gasteiger partial charge is 0.184 e. The highest BCUT2D eigenvalue weighted by molar-refractivity contribution is 7.16. The monoisotopic (exact) mass is 492 g/mol. The van der Waals surface area contributed by atoms with Crippen molar-refractivity contribution in [3.8, 4) is 17.3 Å². The molecule has 1 aliphatic rings. The molecule has 0 amide bonds. The van der Waals surface area contributed by atoms with Gasteiger partial charge in [0.1, 0.15) is 28.3 Å². The molecule has 0 spiro atoms. The molecule has 11 heteroatoms. The first-order chi connectivity index (χ1) is 17.1. The topological polar surface area (TPSA) is 114 Å². The summed E-state index contributed by atoms with van der Waals surface area (Å²) in [5, 5.41) is 31.2. The van der Waals surface area contributed by atoms with Gasteiger partial charge in [0, 0.05) is 31.2 Å². The number of nitrogens with one attached hydrogen (secondary N) is 2. The minimum absolute atomic E-state index is 0.0194. The van der Waals surface area contributed by atoms with E-state index in [1.165, 1.54) is 23.5 Å². The van der Waals surface area contributed by atoms with Crippen molar-refractivity contribution in [1.29, 1.82) is 5.26 Å². The molecular formula is C24H25FN8OS. The summed E-state index contributed by atoms with van der Waals surface area (Å²) in [6.07, 6.45) is 0.748. The van der Waals surface area contributed by atoms with Gasteiger partial charge in [-0.2, -0.15) is 5.26 Å². The Balaban J connectivity index is 1.42. The summed E-state index contributed by atoms with van der Waals surface area (Å²) in [5.41, 5.74) is 3.85. The van der Waals surface area contributed by atoms with E-state index in [9.17, 15) is 14.8 Å². The molecule has 3 N–H and O–H groups in total. The van der Waals surface area contributed by atoms with Gasteiger partial charge in [-0.3, -0.25) is 0 Å². The lowest BCUT2D eigenvalue weighted by Crippen LogP contribution is -2.52. The van der Waals surface area contributed by atoms with Crippen molar-refractivity contribution in [2.45, 2.75) is 25.9 Å². The number of fused-ring (bicyclic) bond motifs is 1. The molecule has 1 atom stereocenters. The van der Waals surface area contributed by atoms with E-state index >= 15 is 0 Å². The quantitative estimate of drug-likeness (QED) is 0.361. The molecule has 35 heavy (non-hydrogen) atoms. The van der Waals surface area contributed by atoms with Crippen molar-refractivity contribution in [2.24, 2.45) is 0 Å². The fraction of sp³-hybridized carbons (Fsp3) is 0.333. The number of aromatic nitrogens is 4. The molecule has 9 nitrogen and oxygen atoms in total. The summed E-state index contributed by atoms with van der Waals surface area (Å²) < 4.78 is 15.2. The molecule has 3 aromatic heterocycles. The number of piperazine rings is 1. The van der Waals surface area contributed by atoms with Crippen LogP contribution in [0, 0.1) is 17.1 Å². The van der Waals surface area contributed by atoms with Gasteiger partial charge in [0.05, 0.1) is 24.5 Å². The molecule has 1 aromatic carbocycles. The summed E-state index contributed by atoms with van der Waals surface area (Å²) in [4.78, 5) is 12.0. The molecule has 0 bridgehead atoms. The normalized spacial score (nSPS) is 15.9. The first-order valence-electron chi connectivity index (χ1n) is 11.5. The highest BCUT2D eigenvalue weighted by Gasteiger charge is 2.21. The molecule has 4 aromatic rings. The second kappa shape index (κ2) is 9.95. The third-order valence-electron chi connectivity index (χ3n) is 6.03. The van der Waals surface area contributed by atoms with Gasteiger partial charge in [0.15, 0.2) is 10.8 Å². The number of halogens is 1. The average Bonchev–Trinajstić information content (AvgIpc) is 3.48. The van der Waals surface area contributed by atoms with Gasteiger partial charge in [0.25, 0.3) is 0 Å². The van der Waals surface area contributed by atoms with E-state index in [0.717, 1.165) is 42.4 Å². The number of rotatable bonds is 7. The van der Waals surface area contributed by atoms with Crippen molar-refractivity contribution in [3.63, 3.8) is 0 Å². The molecule has 1 fully saturated rings. The zero-order chi connectivity index (χ0) is 24.4. The predicted molar refractivity (Wildman–Crippen MR) is 133 cm³/mol. The molecular weight excluding hydrogens is 467 g/mol. The Morgan fingerprint density at radius 3 is 2.83 bits per heavy atom. The van der Waals surface area contributed by atoms with Crippen LogP contribution in [0.3, 0.4) is 0 Å². The van der Waals surface area contributed by atoms with Crippen LogP contribution < -0.4 is 15.5 Å². The van der Waals surface area contributed by atoms with Gasteiger partial charge in [-0.1, -0.05) is 18.3 Å². The number of aryl methyl sites for hydroxylation is 1. The highest BCUT2D eigenvalue weighted by Crippen LogP contribution is 2.31. The van der Waals surface area contributed by atoms with Crippen LogP contribution in [-0.2, 0) is 13.0 Å². The van der Waals surface area contributed by atoms with Crippen molar-refractivity contribution in [1.82, 2.24) is 24.9 Å². The number of anilines is 2. The zero-order valence-electron chi connectivity index (χ0n) is 19.2. The first kappa shape index (κ1) is 23.2. The summed E-state index contributed by atoms with van der Waals surface area (Å²) in [5.74, 6) is 0.499. The SMILES string of the molecule is CCc1nc2ccc(N3CCN[C@H](CO)C3)nn2c1CNc1nc(-c2ccc(F)cc2)c(C#N)s1. The second-order valence-electron chi connectivity index (χ2n) is 8.27. The maximum Gasteiger partial charge on any atom is 0.184 e. The van der Waals surface area contributed by atoms with Gasteiger partial charge in [-0.25, -0.2) is 18.9 Å². The van der Waals surface area contributed by atoms with E-state index in [2.05, 4.69) is 33.5 Å². The van der Waals surface area contributed by atoms with Gasteiger partial charge >= 0.3 is 0 Å². The third-order valence-corrected chi connectivity index (χ3v) is 6.95. The van der Waals surface area contributed by atoms with Gasteiger partial charge in [-0.15, -0.1) is 5.10 Å². The van der Waals surface area contributed by atoms with Crippen LogP contribution in [0.25, 0.3) is 16.9 Å². The molecule has 5 rings (SSSR count). The largest absolute Gasteiger partial charge is 0.395 e. The van der Waals surface area contributed by atoms with Crippen molar-refractivity contribution in [2.75, 3.05) is 36.5 Å². The van der Waals surface area contributed by atoms with Crippen LogP contribution in [-0.4, -0.2) is 57.0 Å². The molecule has 0 radical (unpaired) electrons. The van der Waals surface area contributed by atoms with Crippen LogP contribution in [0.2, 0.25) is 0 Å². The first-order valence-corrected chi connectivity index (χ1v) is 12.3. The Hall–Kier alpha value is -3.59. The van der Waals surface area contributed by atoms with Crippen LogP contribution in [0.1, 0.15) is 23.2 Å². The minimum Gasteiger partial charge on any atom is -0.395 e. The fourth-order valence-corrected chi connectivity index (χ4v) is 5.01. The summed E-state index contributed by atoms with van der Waals surface area (Å²) in [6, 6.07) is 12.1. The molecule has 1 aliphatic heterocycles. The van der Waals surface area contributed by atoms with Gasteiger partial charge in [-0.05, 0) is 42.8 Å². The maximum absolute atomic E-state index is 13.3. The summed E-state index contributed by atoms with van der Waals surface area (Å²) in [7, 11) is 0. The molecule has 180 valence electrons. The van der Waals surface area contributed by atoms with Crippen molar-refractivity contribution < 1.29 is 9.50 Å². The van der Waals surface area contributed by atoms with E-state index < -0.39 is 0 Å². The number of benzene rings is 1. The van der Waals surface area contributed by atoms with Crippen LogP contribution in [0.5, 0.6) is 0 Å². The summed E-state index contributed by atoms with van der Waals surface area (Å²) >= 11 is 1.26. The number of hydrogen-bond donors (Lipinski definition) is 3. The lowest BCUT2D eigenvalue weighted by Gasteiger charge is -2.33. The number of nitrogens with zero attached hydrogens (tertiary/aromatic N) is 6.